The molecule has 0 aliphatic rings. The van der Waals surface area contributed by atoms with E-state index in [0.29, 0.717) is 17.8 Å². The lowest BCUT2D eigenvalue weighted by Gasteiger charge is -2.07. The van der Waals surface area contributed by atoms with E-state index in [2.05, 4.69) is 42.4 Å². The van der Waals surface area contributed by atoms with E-state index in [-0.39, 0.29) is 0 Å². The summed E-state index contributed by atoms with van der Waals surface area (Å²) in [4.78, 5) is 17.0. The molecule has 3 aromatic heterocycles. The second-order valence-electron chi connectivity index (χ2n) is 4.49. The van der Waals surface area contributed by atoms with Crippen LogP contribution in [0.1, 0.15) is 18.9 Å². The van der Waals surface area contributed by atoms with Gasteiger partial charge < -0.3 is 5.32 Å². The molecule has 9 heteroatoms. The number of nitrogens with one attached hydrogen (secondary N) is 1. The molecule has 1 N–H and O–H groups in total. The quantitative estimate of drug-likeness (QED) is 0.739. The van der Waals surface area contributed by atoms with Crippen molar-refractivity contribution in [2.24, 2.45) is 0 Å². The van der Waals surface area contributed by atoms with Gasteiger partial charge in [-0.05, 0) is 18.9 Å². The van der Waals surface area contributed by atoms with E-state index in [1.165, 1.54) is 17.3 Å². The topological polar surface area (TPSA) is 99.2 Å². The Bertz CT molecular complexity index is 716. The van der Waals surface area contributed by atoms with Crippen molar-refractivity contribution in [3.8, 4) is 11.9 Å². The molecule has 3 heterocycles. The molecule has 0 radical (unpaired) electrons. The first kappa shape index (κ1) is 13.2. The number of hydrogen-bond donors (Lipinski definition) is 1. The zero-order chi connectivity index (χ0) is 14.7. The summed E-state index contributed by atoms with van der Waals surface area (Å²) in [5.74, 6) is 1.31. The summed E-state index contributed by atoms with van der Waals surface area (Å²) < 4.78 is 3.09. The molecule has 0 aliphatic heterocycles. The first-order chi connectivity index (χ1) is 10.3. The lowest BCUT2D eigenvalue weighted by Crippen LogP contribution is -2.13. The summed E-state index contributed by atoms with van der Waals surface area (Å²) in [6, 6.07) is 0. The predicted molar refractivity (Wildman–Crippen MR) is 75.4 cm³/mol. The van der Waals surface area contributed by atoms with Gasteiger partial charge in [0.2, 0.25) is 5.95 Å². The molecule has 0 fully saturated rings. The van der Waals surface area contributed by atoms with Gasteiger partial charge in [-0.3, -0.25) is 0 Å². The number of rotatable bonds is 5. The highest BCUT2D eigenvalue weighted by atomic mass is 15.4. The first-order valence-corrected chi connectivity index (χ1v) is 6.63. The highest BCUT2D eigenvalue weighted by Gasteiger charge is 2.10. The summed E-state index contributed by atoms with van der Waals surface area (Å²) in [7, 11) is 0. The SMILES string of the molecule is CCCNc1nc(-n2cncn2)nc(-n2cc(C)cn2)n1. The van der Waals surface area contributed by atoms with Gasteiger partial charge in [0, 0.05) is 12.7 Å². The van der Waals surface area contributed by atoms with E-state index in [4.69, 9.17) is 0 Å². The molecule has 0 saturated heterocycles. The van der Waals surface area contributed by atoms with Gasteiger partial charge in [0.05, 0.1) is 6.20 Å². The Morgan fingerprint density at radius 2 is 1.90 bits per heavy atom. The normalized spacial score (nSPS) is 10.8. The van der Waals surface area contributed by atoms with Gasteiger partial charge in [0.1, 0.15) is 12.7 Å². The maximum atomic E-state index is 4.37. The van der Waals surface area contributed by atoms with Gasteiger partial charge in [0.25, 0.3) is 11.9 Å². The number of anilines is 1. The minimum atomic E-state index is 0.393. The maximum Gasteiger partial charge on any atom is 0.258 e. The third-order valence-electron chi connectivity index (χ3n) is 2.69. The van der Waals surface area contributed by atoms with Crippen molar-refractivity contribution in [1.82, 2.24) is 39.5 Å². The molecule has 0 aliphatic carbocycles. The molecular weight excluding hydrogens is 270 g/mol. The summed E-state index contributed by atoms with van der Waals surface area (Å²) in [5, 5.41) is 11.4. The van der Waals surface area contributed by atoms with Crippen molar-refractivity contribution in [2.75, 3.05) is 11.9 Å². The zero-order valence-corrected chi connectivity index (χ0v) is 11.8. The number of hydrogen-bond acceptors (Lipinski definition) is 7. The Labute approximate surface area is 121 Å². The van der Waals surface area contributed by atoms with Crippen molar-refractivity contribution in [3.63, 3.8) is 0 Å². The molecule has 108 valence electrons. The van der Waals surface area contributed by atoms with Crippen LogP contribution >= 0.6 is 0 Å². The van der Waals surface area contributed by atoms with Crippen molar-refractivity contribution in [2.45, 2.75) is 20.3 Å². The van der Waals surface area contributed by atoms with Gasteiger partial charge in [-0.25, -0.2) is 9.67 Å². The molecule has 0 aromatic carbocycles. The highest BCUT2D eigenvalue weighted by molar-refractivity contribution is 5.32. The first-order valence-electron chi connectivity index (χ1n) is 6.63. The fourth-order valence-electron chi connectivity index (χ4n) is 1.71. The molecule has 0 amide bonds. The Morgan fingerprint density at radius 1 is 1.10 bits per heavy atom. The molecule has 0 atom stereocenters. The van der Waals surface area contributed by atoms with Crippen LogP contribution < -0.4 is 5.32 Å². The third kappa shape index (κ3) is 2.86. The molecule has 0 spiro atoms. The zero-order valence-electron chi connectivity index (χ0n) is 11.8. The van der Waals surface area contributed by atoms with Crippen LogP contribution in [0.3, 0.4) is 0 Å². The van der Waals surface area contributed by atoms with Gasteiger partial charge in [-0.2, -0.15) is 29.8 Å². The molecule has 0 bridgehead atoms. The Kier molecular flexibility index (Phi) is 3.54. The van der Waals surface area contributed by atoms with E-state index < -0.39 is 0 Å². The Morgan fingerprint density at radius 3 is 2.52 bits per heavy atom. The minimum Gasteiger partial charge on any atom is -0.354 e. The molecule has 21 heavy (non-hydrogen) atoms. The van der Waals surface area contributed by atoms with Crippen molar-refractivity contribution >= 4 is 5.95 Å². The largest absolute Gasteiger partial charge is 0.354 e. The Balaban J connectivity index is 2.04. The van der Waals surface area contributed by atoms with Crippen LogP contribution in [0.25, 0.3) is 11.9 Å². The molecule has 0 unspecified atom stereocenters. The fourth-order valence-corrected chi connectivity index (χ4v) is 1.71. The van der Waals surface area contributed by atoms with Gasteiger partial charge in [0.15, 0.2) is 0 Å². The van der Waals surface area contributed by atoms with E-state index in [1.807, 2.05) is 13.1 Å². The average Bonchev–Trinajstić information content (AvgIpc) is 3.16. The van der Waals surface area contributed by atoms with Gasteiger partial charge in [-0.1, -0.05) is 6.92 Å². The molecule has 3 aromatic rings. The van der Waals surface area contributed by atoms with E-state index in [0.717, 1.165) is 18.5 Å². The summed E-state index contributed by atoms with van der Waals surface area (Å²) in [6.07, 6.45) is 7.54. The highest BCUT2D eigenvalue weighted by Crippen LogP contribution is 2.09. The smallest absolute Gasteiger partial charge is 0.258 e. The second-order valence-corrected chi connectivity index (χ2v) is 4.49. The minimum absolute atomic E-state index is 0.393. The van der Waals surface area contributed by atoms with Crippen LogP contribution in [0.5, 0.6) is 0 Å². The summed E-state index contributed by atoms with van der Waals surface area (Å²) >= 11 is 0. The van der Waals surface area contributed by atoms with Gasteiger partial charge >= 0.3 is 0 Å². The van der Waals surface area contributed by atoms with E-state index >= 15 is 0 Å². The fraction of sp³-hybridized carbons (Fsp3) is 0.333. The summed E-state index contributed by atoms with van der Waals surface area (Å²) in [5.41, 5.74) is 1.03. The molecule has 9 nitrogen and oxygen atoms in total. The molecule has 0 saturated carbocycles. The van der Waals surface area contributed by atoms with E-state index in [9.17, 15) is 0 Å². The third-order valence-corrected chi connectivity index (χ3v) is 2.69. The predicted octanol–water partition coefficient (Wildman–Crippen LogP) is 0.768. The maximum absolute atomic E-state index is 4.37. The summed E-state index contributed by atoms with van der Waals surface area (Å²) in [6.45, 7) is 4.81. The van der Waals surface area contributed by atoms with Crippen LogP contribution in [0.4, 0.5) is 5.95 Å². The van der Waals surface area contributed by atoms with Crippen LogP contribution in [0.15, 0.2) is 25.0 Å². The molecule has 3 rings (SSSR count). The monoisotopic (exact) mass is 285 g/mol. The van der Waals surface area contributed by atoms with Crippen LogP contribution in [-0.4, -0.2) is 46.0 Å². The number of aromatic nitrogens is 8. The number of nitrogens with zero attached hydrogens (tertiary/aromatic N) is 8. The van der Waals surface area contributed by atoms with E-state index in [1.54, 1.807) is 10.9 Å². The van der Waals surface area contributed by atoms with Gasteiger partial charge in [-0.15, -0.1) is 0 Å². The lowest BCUT2D eigenvalue weighted by molar-refractivity contribution is 0.743. The van der Waals surface area contributed by atoms with Crippen molar-refractivity contribution in [3.05, 3.63) is 30.6 Å². The second kappa shape index (κ2) is 5.65. The lowest BCUT2D eigenvalue weighted by atomic mass is 10.4. The standard InChI is InChI=1S/C12H15N9/c1-3-4-14-10-17-11(20-6-9(2)5-15-20)19-12(18-10)21-8-13-7-16-21/h5-8H,3-4H2,1-2H3,(H,14,17,18,19). The van der Waals surface area contributed by atoms with Crippen molar-refractivity contribution in [1.29, 1.82) is 0 Å². The van der Waals surface area contributed by atoms with Crippen LogP contribution in [-0.2, 0) is 0 Å². The van der Waals surface area contributed by atoms with Crippen LogP contribution in [0, 0.1) is 6.92 Å². The average molecular weight is 285 g/mol. The van der Waals surface area contributed by atoms with Crippen LogP contribution in [0.2, 0.25) is 0 Å². The molecular formula is C12H15N9. The number of aryl methyl sites for hydroxylation is 1. The van der Waals surface area contributed by atoms with Crippen molar-refractivity contribution < 1.29 is 0 Å². The Hall–Kier alpha value is -2.84.